The van der Waals surface area contributed by atoms with Gasteiger partial charge in [0.1, 0.15) is 11.8 Å². The second kappa shape index (κ2) is 5.44. The average Bonchev–Trinajstić information content (AvgIpc) is 2.27. The molecule has 0 aliphatic rings. The van der Waals surface area contributed by atoms with Crippen LogP contribution in [0.2, 0.25) is 0 Å². The highest BCUT2D eigenvalue weighted by molar-refractivity contribution is 5.25. The topological polar surface area (TPSA) is 79.4 Å². The molecule has 7 heteroatoms. The van der Waals surface area contributed by atoms with Gasteiger partial charge in [-0.3, -0.25) is 4.98 Å². The van der Waals surface area contributed by atoms with Gasteiger partial charge in [0, 0.05) is 11.8 Å². The zero-order chi connectivity index (χ0) is 13.1. The molecule has 0 aromatic carbocycles. The van der Waals surface area contributed by atoms with Gasteiger partial charge in [-0.15, -0.1) is 0 Å². The van der Waals surface area contributed by atoms with Crippen LogP contribution < -0.4 is 5.73 Å². The van der Waals surface area contributed by atoms with Crippen LogP contribution in [0.5, 0.6) is 0 Å². The molecule has 1 heterocycles. The summed E-state index contributed by atoms with van der Waals surface area (Å²) in [5.74, 6) is 0. The molecule has 0 bridgehead atoms. The predicted molar refractivity (Wildman–Crippen MR) is 53.9 cm³/mol. The van der Waals surface area contributed by atoms with E-state index >= 15 is 0 Å². The van der Waals surface area contributed by atoms with Gasteiger partial charge in [0.05, 0.1) is 6.10 Å². The van der Waals surface area contributed by atoms with Gasteiger partial charge in [0.15, 0.2) is 0 Å². The van der Waals surface area contributed by atoms with Crippen molar-refractivity contribution in [2.75, 3.05) is 6.54 Å². The van der Waals surface area contributed by atoms with E-state index in [9.17, 15) is 23.4 Å². The van der Waals surface area contributed by atoms with E-state index in [4.69, 9.17) is 5.73 Å². The molecule has 0 aliphatic carbocycles. The van der Waals surface area contributed by atoms with Gasteiger partial charge < -0.3 is 15.9 Å². The van der Waals surface area contributed by atoms with Crippen molar-refractivity contribution in [1.29, 1.82) is 0 Å². The van der Waals surface area contributed by atoms with Gasteiger partial charge in [0.25, 0.3) is 0 Å². The third-order valence-electron chi connectivity index (χ3n) is 2.25. The monoisotopic (exact) mass is 250 g/mol. The summed E-state index contributed by atoms with van der Waals surface area (Å²) < 4.78 is 37.7. The molecule has 0 amide bonds. The lowest BCUT2D eigenvalue weighted by molar-refractivity contribution is -0.143. The van der Waals surface area contributed by atoms with E-state index in [1.807, 2.05) is 0 Å². The van der Waals surface area contributed by atoms with Gasteiger partial charge in [-0.25, -0.2) is 0 Å². The fourth-order valence-corrected chi connectivity index (χ4v) is 1.43. The molecular weight excluding hydrogens is 237 g/mol. The normalized spacial score (nSPS) is 15.6. The molecule has 4 N–H and O–H groups in total. The first kappa shape index (κ1) is 13.9. The quantitative estimate of drug-likeness (QED) is 0.740. The van der Waals surface area contributed by atoms with Crippen molar-refractivity contribution in [3.05, 3.63) is 29.6 Å². The Balaban J connectivity index is 3.05. The molecule has 17 heavy (non-hydrogen) atoms. The Morgan fingerprint density at radius 3 is 2.53 bits per heavy atom. The number of pyridine rings is 1. The number of halogens is 3. The molecule has 2 unspecified atom stereocenters. The van der Waals surface area contributed by atoms with Crippen molar-refractivity contribution in [3.8, 4) is 0 Å². The van der Waals surface area contributed by atoms with Crippen molar-refractivity contribution in [1.82, 2.24) is 4.98 Å². The van der Waals surface area contributed by atoms with Crippen LogP contribution in [0.15, 0.2) is 18.3 Å². The van der Waals surface area contributed by atoms with Gasteiger partial charge in [-0.1, -0.05) is 6.07 Å². The zero-order valence-corrected chi connectivity index (χ0v) is 8.85. The number of nitrogens with two attached hydrogens (primary N) is 1. The lowest BCUT2D eigenvalue weighted by Crippen LogP contribution is -2.25. The van der Waals surface area contributed by atoms with Gasteiger partial charge >= 0.3 is 6.18 Å². The lowest BCUT2D eigenvalue weighted by Gasteiger charge is -2.20. The Morgan fingerprint density at radius 1 is 1.35 bits per heavy atom. The molecular formula is C10H13F3N2O2. The fraction of sp³-hybridized carbons (Fsp3) is 0.500. The minimum atomic E-state index is -4.67. The standard InChI is InChI=1S/C10H13F3N2O2/c11-10(12,13)9-6(2-1-5-15-9)8(17)7(16)3-4-14/h1-2,5,7-8,16-17H,3-4,14H2. The summed E-state index contributed by atoms with van der Waals surface area (Å²) in [5.41, 5.74) is 3.53. The summed E-state index contributed by atoms with van der Waals surface area (Å²) in [6, 6.07) is 2.35. The minimum absolute atomic E-state index is 0.00730. The SMILES string of the molecule is NCCC(O)C(O)c1cccnc1C(F)(F)F. The predicted octanol–water partition coefficient (Wildman–Crippen LogP) is 0.843. The smallest absolute Gasteiger partial charge is 0.390 e. The molecule has 1 rings (SSSR count). The van der Waals surface area contributed by atoms with E-state index in [0.717, 1.165) is 12.3 Å². The van der Waals surface area contributed by atoms with Crippen molar-refractivity contribution < 1.29 is 23.4 Å². The van der Waals surface area contributed by atoms with Crippen LogP contribution in [0, 0.1) is 0 Å². The largest absolute Gasteiger partial charge is 0.433 e. The number of aromatic nitrogens is 1. The number of hydrogen-bond donors (Lipinski definition) is 3. The lowest BCUT2D eigenvalue weighted by atomic mass is 10.0. The average molecular weight is 250 g/mol. The maximum absolute atomic E-state index is 12.6. The number of aliphatic hydroxyl groups excluding tert-OH is 2. The van der Waals surface area contributed by atoms with Crippen molar-refractivity contribution in [3.63, 3.8) is 0 Å². The maximum atomic E-state index is 12.6. The second-order valence-electron chi connectivity index (χ2n) is 3.53. The highest BCUT2D eigenvalue weighted by Crippen LogP contribution is 2.33. The summed E-state index contributed by atoms with van der Waals surface area (Å²) in [4.78, 5) is 3.19. The molecule has 0 radical (unpaired) electrons. The van der Waals surface area contributed by atoms with Gasteiger partial charge in [-0.05, 0) is 19.0 Å². The Bertz CT molecular complexity index is 371. The van der Waals surface area contributed by atoms with E-state index in [1.54, 1.807) is 0 Å². The highest BCUT2D eigenvalue weighted by Gasteiger charge is 2.37. The summed E-state index contributed by atoms with van der Waals surface area (Å²) >= 11 is 0. The molecule has 1 aromatic rings. The van der Waals surface area contributed by atoms with Crippen LogP contribution in [0.3, 0.4) is 0 Å². The maximum Gasteiger partial charge on any atom is 0.433 e. The van der Waals surface area contributed by atoms with Gasteiger partial charge in [-0.2, -0.15) is 13.2 Å². The van der Waals surface area contributed by atoms with Crippen LogP contribution in [0.25, 0.3) is 0 Å². The number of nitrogens with zero attached hydrogens (tertiary/aromatic N) is 1. The molecule has 0 fully saturated rings. The van der Waals surface area contributed by atoms with Crippen LogP contribution in [-0.4, -0.2) is 27.8 Å². The van der Waals surface area contributed by atoms with E-state index in [2.05, 4.69) is 4.98 Å². The molecule has 96 valence electrons. The number of hydrogen-bond acceptors (Lipinski definition) is 4. The van der Waals surface area contributed by atoms with E-state index < -0.39 is 29.6 Å². The van der Waals surface area contributed by atoms with Crippen molar-refractivity contribution in [2.45, 2.75) is 24.8 Å². The summed E-state index contributed by atoms with van der Waals surface area (Å²) in [6.45, 7) is 0.0693. The van der Waals surface area contributed by atoms with Crippen molar-refractivity contribution in [2.24, 2.45) is 5.73 Å². The molecule has 0 aliphatic heterocycles. The Hall–Kier alpha value is -1.18. The fourth-order valence-electron chi connectivity index (χ4n) is 1.43. The van der Waals surface area contributed by atoms with Crippen LogP contribution >= 0.6 is 0 Å². The zero-order valence-electron chi connectivity index (χ0n) is 8.85. The third-order valence-corrected chi connectivity index (χ3v) is 2.25. The van der Waals surface area contributed by atoms with E-state index in [1.165, 1.54) is 6.07 Å². The number of aliphatic hydroxyl groups is 2. The molecule has 2 atom stereocenters. The summed E-state index contributed by atoms with van der Waals surface area (Å²) in [5, 5.41) is 19.1. The Morgan fingerprint density at radius 2 is 2.00 bits per heavy atom. The minimum Gasteiger partial charge on any atom is -0.390 e. The molecule has 0 saturated carbocycles. The van der Waals surface area contributed by atoms with E-state index in [0.29, 0.717) is 0 Å². The van der Waals surface area contributed by atoms with Gasteiger partial charge in [0.2, 0.25) is 0 Å². The Kier molecular flexibility index (Phi) is 4.44. The number of alkyl halides is 3. The molecule has 1 aromatic heterocycles. The molecule has 0 saturated heterocycles. The van der Waals surface area contributed by atoms with Crippen LogP contribution in [-0.2, 0) is 6.18 Å². The summed E-state index contributed by atoms with van der Waals surface area (Å²) in [7, 11) is 0. The second-order valence-corrected chi connectivity index (χ2v) is 3.53. The first-order valence-electron chi connectivity index (χ1n) is 4.96. The third kappa shape index (κ3) is 3.39. The Labute approximate surface area is 95.9 Å². The number of rotatable bonds is 4. The van der Waals surface area contributed by atoms with Crippen LogP contribution in [0.1, 0.15) is 23.8 Å². The first-order chi connectivity index (χ1) is 7.88. The summed E-state index contributed by atoms with van der Waals surface area (Å²) in [6.07, 6.45) is -6.67. The van der Waals surface area contributed by atoms with Crippen molar-refractivity contribution >= 4 is 0 Å². The molecule has 0 spiro atoms. The molecule has 4 nitrogen and oxygen atoms in total. The first-order valence-corrected chi connectivity index (χ1v) is 4.96. The highest BCUT2D eigenvalue weighted by atomic mass is 19.4. The van der Waals surface area contributed by atoms with Crippen LogP contribution in [0.4, 0.5) is 13.2 Å². The van der Waals surface area contributed by atoms with E-state index in [-0.39, 0.29) is 13.0 Å².